The molecule has 0 aromatic heterocycles. The van der Waals surface area contributed by atoms with Crippen molar-refractivity contribution in [3.63, 3.8) is 0 Å². The average Bonchev–Trinajstić information content (AvgIpc) is 3.60. The first-order chi connectivity index (χ1) is 18.4. The summed E-state index contributed by atoms with van der Waals surface area (Å²) in [7, 11) is 0. The van der Waals surface area contributed by atoms with E-state index in [2.05, 4.69) is 26.3 Å². The summed E-state index contributed by atoms with van der Waals surface area (Å²) in [6, 6.07) is 10.3. The fraction of sp³-hybridized carbons (Fsp3) is 0.500. The standard InChI is InChI=1S/C30H34FN5O2/c31-25-13-22(27(37)35-29-32-6-7-33-29)12-24(20-4-5-20)26(25)34-23-3-1-2-21(11-23)28(38)36-30-14-17-8-18(15-30)10-19(9-17)16-30/h1-3,11-13,17-20,34H,4-10,14-16H2,(H,36,38)(H2,32,33,35,37). The zero-order valence-electron chi connectivity index (χ0n) is 21.5. The van der Waals surface area contributed by atoms with Crippen LogP contribution in [0.1, 0.15) is 83.6 Å². The Morgan fingerprint density at radius 3 is 2.26 bits per heavy atom. The van der Waals surface area contributed by atoms with Crippen molar-refractivity contribution < 1.29 is 14.0 Å². The summed E-state index contributed by atoms with van der Waals surface area (Å²) in [5.41, 5.74) is 2.56. The molecule has 4 bridgehead atoms. The van der Waals surface area contributed by atoms with Gasteiger partial charge in [-0.25, -0.2) is 4.39 Å². The van der Waals surface area contributed by atoms with Gasteiger partial charge in [0.15, 0.2) is 5.96 Å². The number of guanidine groups is 1. The number of carbonyl (C=O) groups is 2. The number of nitrogens with zero attached hydrogens (tertiary/aromatic N) is 1. The molecule has 7 nitrogen and oxygen atoms in total. The van der Waals surface area contributed by atoms with Crippen LogP contribution >= 0.6 is 0 Å². The predicted molar refractivity (Wildman–Crippen MR) is 144 cm³/mol. The van der Waals surface area contributed by atoms with Crippen LogP contribution < -0.4 is 21.3 Å². The van der Waals surface area contributed by atoms with E-state index in [9.17, 15) is 9.59 Å². The van der Waals surface area contributed by atoms with Crippen LogP contribution in [0.2, 0.25) is 0 Å². The highest BCUT2D eigenvalue weighted by molar-refractivity contribution is 6.03. The Morgan fingerprint density at radius 1 is 0.921 bits per heavy atom. The number of hydrogen-bond acceptors (Lipinski definition) is 3. The molecule has 2 aromatic rings. The number of halogens is 1. The van der Waals surface area contributed by atoms with Crippen molar-refractivity contribution >= 4 is 29.1 Å². The first-order valence-corrected chi connectivity index (χ1v) is 14.1. The van der Waals surface area contributed by atoms with E-state index >= 15 is 4.39 Å². The number of benzene rings is 2. The molecule has 6 fully saturated rings. The molecule has 5 aliphatic carbocycles. The van der Waals surface area contributed by atoms with Crippen LogP contribution in [-0.2, 0) is 0 Å². The maximum absolute atomic E-state index is 15.4. The van der Waals surface area contributed by atoms with Crippen molar-refractivity contribution in [2.24, 2.45) is 22.7 Å². The molecule has 1 aliphatic heterocycles. The van der Waals surface area contributed by atoms with Crippen LogP contribution in [-0.4, -0.2) is 36.4 Å². The van der Waals surface area contributed by atoms with Gasteiger partial charge in [-0.1, -0.05) is 6.07 Å². The number of nitrogens with one attached hydrogen (secondary N) is 4. The summed E-state index contributed by atoms with van der Waals surface area (Å²) >= 11 is 0. The predicted octanol–water partition coefficient (Wildman–Crippen LogP) is 4.83. The Hall–Kier alpha value is -3.42. The molecule has 5 saturated carbocycles. The first kappa shape index (κ1) is 23.7. The molecule has 8 rings (SSSR count). The fourth-order valence-corrected chi connectivity index (χ4v) is 7.73. The lowest BCUT2D eigenvalue weighted by molar-refractivity contribution is -0.0167. The molecule has 198 valence electrons. The largest absolute Gasteiger partial charge is 0.354 e. The van der Waals surface area contributed by atoms with Gasteiger partial charge in [0.1, 0.15) is 5.82 Å². The van der Waals surface area contributed by atoms with Crippen molar-refractivity contribution in [3.8, 4) is 0 Å². The molecule has 2 amide bonds. The minimum absolute atomic E-state index is 0.0484. The Morgan fingerprint density at radius 2 is 1.61 bits per heavy atom. The third kappa shape index (κ3) is 4.54. The molecular formula is C30H34FN5O2. The molecule has 4 N–H and O–H groups in total. The van der Waals surface area contributed by atoms with Crippen molar-refractivity contribution in [3.05, 3.63) is 58.9 Å². The maximum Gasteiger partial charge on any atom is 0.280 e. The summed E-state index contributed by atoms with van der Waals surface area (Å²) in [4.78, 5) is 30.1. The van der Waals surface area contributed by atoms with E-state index in [1.807, 2.05) is 18.2 Å². The molecule has 1 heterocycles. The van der Waals surface area contributed by atoms with E-state index in [1.165, 1.54) is 25.3 Å². The van der Waals surface area contributed by atoms with Crippen LogP contribution in [0.4, 0.5) is 15.8 Å². The lowest BCUT2D eigenvalue weighted by Crippen LogP contribution is -2.59. The van der Waals surface area contributed by atoms with Gasteiger partial charge < -0.3 is 21.3 Å². The van der Waals surface area contributed by atoms with E-state index in [0.717, 1.165) is 55.4 Å². The van der Waals surface area contributed by atoms with Crippen LogP contribution in [0.15, 0.2) is 41.4 Å². The highest BCUT2D eigenvalue weighted by atomic mass is 19.1. The molecular weight excluding hydrogens is 481 g/mol. The SMILES string of the molecule is O=C(N=C1NCCN1)c1cc(F)c(Nc2cccc(C(=O)NC34CC5CC(CC(C5)C3)C4)c2)c(C2CC2)c1. The van der Waals surface area contributed by atoms with E-state index in [0.29, 0.717) is 36.0 Å². The van der Waals surface area contributed by atoms with Gasteiger partial charge in [-0.2, -0.15) is 4.99 Å². The van der Waals surface area contributed by atoms with E-state index in [1.54, 1.807) is 12.1 Å². The van der Waals surface area contributed by atoms with Gasteiger partial charge in [0.05, 0.1) is 5.69 Å². The van der Waals surface area contributed by atoms with Crippen molar-refractivity contribution in [1.82, 2.24) is 16.0 Å². The summed E-state index contributed by atoms with van der Waals surface area (Å²) in [5, 5.41) is 12.7. The van der Waals surface area contributed by atoms with Gasteiger partial charge in [0.2, 0.25) is 0 Å². The molecule has 2 aromatic carbocycles. The molecule has 8 heteroatoms. The minimum Gasteiger partial charge on any atom is -0.354 e. The third-order valence-corrected chi connectivity index (χ3v) is 9.12. The molecule has 38 heavy (non-hydrogen) atoms. The molecule has 0 unspecified atom stereocenters. The van der Waals surface area contributed by atoms with Crippen molar-refractivity contribution in [2.45, 2.75) is 62.8 Å². The zero-order chi connectivity index (χ0) is 25.9. The number of hydrogen-bond donors (Lipinski definition) is 4. The Kier molecular flexibility index (Phi) is 5.67. The number of carbonyl (C=O) groups excluding carboxylic acids is 2. The highest BCUT2D eigenvalue weighted by Gasteiger charge is 2.51. The molecule has 0 radical (unpaired) electrons. The van der Waals surface area contributed by atoms with Crippen molar-refractivity contribution in [2.75, 3.05) is 18.4 Å². The van der Waals surface area contributed by atoms with E-state index in [-0.39, 0.29) is 22.9 Å². The molecule has 1 saturated heterocycles. The van der Waals surface area contributed by atoms with Gasteiger partial charge in [0, 0.05) is 35.4 Å². The van der Waals surface area contributed by atoms with Gasteiger partial charge >= 0.3 is 0 Å². The quantitative estimate of drug-likeness (QED) is 0.442. The van der Waals surface area contributed by atoms with E-state index in [4.69, 9.17) is 0 Å². The summed E-state index contributed by atoms with van der Waals surface area (Å²) in [6.07, 6.45) is 9.19. The zero-order valence-corrected chi connectivity index (χ0v) is 21.5. The van der Waals surface area contributed by atoms with Crippen LogP contribution in [0, 0.1) is 23.6 Å². The highest BCUT2D eigenvalue weighted by Crippen LogP contribution is 2.55. The van der Waals surface area contributed by atoms with Crippen LogP contribution in [0.5, 0.6) is 0 Å². The molecule has 6 aliphatic rings. The van der Waals surface area contributed by atoms with Gasteiger partial charge in [-0.15, -0.1) is 0 Å². The Bertz CT molecular complexity index is 1290. The maximum atomic E-state index is 15.4. The second kappa shape index (κ2) is 9.10. The van der Waals surface area contributed by atoms with Gasteiger partial charge in [-0.3, -0.25) is 9.59 Å². The van der Waals surface area contributed by atoms with Gasteiger partial charge in [0.25, 0.3) is 11.8 Å². The second-order valence-corrected chi connectivity index (χ2v) is 12.2. The van der Waals surface area contributed by atoms with Crippen LogP contribution in [0.25, 0.3) is 0 Å². The van der Waals surface area contributed by atoms with Crippen LogP contribution in [0.3, 0.4) is 0 Å². The number of rotatable bonds is 6. The second-order valence-electron chi connectivity index (χ2n) is 12.2. The third-order valence-electron chi connectivity index (χ3n) is 9.12. The summed E-state index contributed by atoms with van der Waals surface area (Å²) < 4.78 is 15.4. The smallest absolute Gasteiger partial charge is 0.280 e. The van der Waals surface area contributed by atoms with E-state index < -0.39 is 11.7 Å². The Labute approximate surface area is 222 Å². The lowest BCUT2D eigenvalue weighted by Gasteiger charge is -2.56. The minimum atomic E-state index is -0.492. The van der Waals surface area contributed by atoms with Crippen molar-refractivity contribution in [1.29, 1.82) is 0 Å². The summed E-state index contributed by atoms with van der Waals surface area (Å²) in [5.74, 6) is 1.88. The molecule has 0 atom stereocenters. The first-order valence-electron chi connectivity index (χ1n) is 14.1. The Balaban J connectivity index is 1.11. The lowest BCUT2D eigenvalue weighted by atomic mass is 9.53. The number of amides is 2. The summed E-state index contributed by atoms with van der Waals surface area (Å²) in [6.45, 7) is 1.41. The monoisotopic (exact) mass is 515 g/mol. The fourth-order valence-electron chi connectivity index (χ4n) is 7.73. The molecule has 0 spiro atoms. The van der Waals surface area contributed by atoms with Gasteiger partial charge in [-0.05, 0) is 111 Å². The number of anilines is 2. The number of aliphatic imine (C=N–C) groups is 1. The average molecular weight is 516 g/mol. The normalized spacial score (nSPS) is 29.0. The topological polar surface area (TPSA) is 94.6 Å².